The maximum atomic E-state index is 12.8. The number of ether oxygens (including phenoxy) is 1. The lowest BCUT2D eigenvalue weighted by atomic mass is 9.98. The average Bonchev–Trinajstić information content (AvgIpc) is 3.19. The first-order valence-corrected chi connectivity index (χ1v) is 11.6. The first-order chi connectivity index (χ1) is 14.3. The maximum absolute atomic E-state index is 12.8. The van der Waals surface area contributed by atoms with Gasteiger partial charge in [-0.25, -0.2) is 13.4 Å². The molecule has 3 aromatic rings. The van der Waals surface area contributed by atoms with Crippen LogP contribution in [0.2, 0.25) is 5.15 Å². The molecule has 1 atom stereocenters. The van der Waals surface area contributed by atoms with E-state index in [-0.39, 0.29) is 10.9 Å². The third kappa shape index (κ3) is 3.75. The zero-order chi connectivity index (χ0) is 21.5. The number of hydrazone groups is 1. The van der Waals surface area contributed by atoms with E-state index in [9.17, 15) is 8.42 Å². The van der Waals surface area contributed by atoms with E-state index < -0.39 is 16.1 Å². The number of nitrogens with zero attached hydrogens (tertiary/aromatic N) is 3. The smallest absolute Gasteiger partial charge is 0.250 e. The van der Waals surface area contributed by atoms with Crippen LogP contribution in [0, 0.1) is 6.92 Å². The van der Waals surface area contributed by atoms with Crippen molar-refractivity contribution in [1.29, 1.82) is 0 Å². The lowest BCUT2D eigenvalue weighted by Crippen LogP contribution is -2.28. The molecule has 0 fully saturated rings. The first-order valence-electron chi connectivity index (χ1n) is 9.63. The van der Waals surface area contributed by atoms with Gasteiger partial charge in [0.1, 0.15) is 10.9 Å². The van der Waals surface area contributed by atoms with Gasteiger partial charge in [-0.2, -0.15) is 9.52 Å². The number of benzene rings is 2. The van der Waals surface area contributed by atoms with E-state index in [0.29, 0.717) is 29.0 Å². The number of aryl methyl sites for hydroxylation is 1. The summed E-state index contributed by atoms with van der Waals surface area (Å²) in [5, 5.41) is 5.61. The van der Waals surface area contributed by atoms with Crippen LogP contribution in [0.4, 0.5) is 0 Å². The van der Waals surface area contributed by atoms with Crippen molar-refractivity contribution in [3.63, 3.8) is 0 Å². The third-order valence-electron chi connectivity index (χ3n) is 5.27. The van der Waals surface area contributed by atoms with Crippen molar-refractivity contribution in [1.82, 2.24) is 9.40 Å². The predicted molar refractivity (Wildman–Crippen MR) is 120 cm³/mol. The number of halogens is 1. The molecule has 1 aliphatic rings. The SMILES string of the molecule is CCS(=O)(=O)N1N=C(c2ccc(C)cc2)C[C@H]1c1cc2ccc(OC)cc2nc1Cl. The lowest BCUT2D eigenvalue weighted by Gasteiger charge is -2.23. The molecule has 0 spiro atoms. The molecule has 2 heterocycles. The number of hydrogen-bond acceptors (Lipinski definition) is 5. The molecule has 0 radical (unpaired) electrons. The van der Waals surface area contributed by atoms with Gasteiger partial charge in [0.05, 0.1) is 30.1 Å². The Morgan fingerprint density at radius 1 is 1.17 bits per heavy atom. The Labute approximate surface area is 181 Å². The van der Waals surface area contributed by atoms with E-state index in [2.05, 4.69) is 10.1 Å². The molecule has 8 heteroatoms. The second-order valence-electron chi connectivity index (χ2n) is 7.23. The summed E-state index contributed by atoms with van der Waals surface area (Å²) in [6.45, 7) is 3.62. The van der Waals surface area contributed by atoms with Crippen LogP contribution in [0.15, 0.2) is 53.6 Å². The number of hydrogen-bond donors (Lipinski definition) is 0. The first kappa shape index (κ1) is 20.6. The van der Waals surface area contributed by atoms with Crippen molar-refractivity contribution in [2.75, 3.05) is 12.9 Å². The fraction of sp³-hybridized carbons (Fsp3) is 0.273. The minimum absolute atomic E-state index is 0.0516. The molecular formula is C22H22ClN3O3S. The molecule has 0 bridgehead atoms. The minimum Gasteiger partial charge on any atom is -0.497 e. The summed E-state index contributed by atoms with van der Waals surface area (Å²) in [6, 6.07) is 14.8. The molecule has 0 N–H and O–H groups in total. The monoisotopic (exact) mass is 443 g/mol. The Morgan fingerprint density at radius 3 is 2.57 bits per heavy atom. The number of rotatable bonds is 5. The molecule has 0 amide bonds. The highest BCUT2D eigenvalue weighted by molar-refractivity contribution is 7.89. The van der Waals surface area contributed by atoms with Gasteiger partial charge < -0.3 is 4.74 Å². The van der Waals surface area contributed by atoms with E-state index >= 15 is 0 Å². The fourth-order valence-corrected chi connectivity index (χ4v) is 4.86. The van der Waals surface area contributed by atoms with E-state index in [1.165, 1.54) is 4.41 Å². The molecule has 0 unspecified atom stereocenters. The Kier molecular flexibility index (Phi) is 5.42. The molecule has 1 aliphatic heterocycles. The number of sulfonamides is 1. The quantitative estimate of drug-likeness (QED) is 0.535. The van der Waals surface area contributed by atoms with Crippen LogP contribution in [-0.2, 0) is 10.0 Å². The Bertz CT molecular complexity index is 1240. The molecule has 6 nitrogen and oxygen atoms in total. The molecule has 2 aromatic carbocycles. The van der Waals surface area contributed by atoms with E-state index in [1.54, 1.807) is 20.1 Å². The van der Waals surface area contributed by atoms with Gasteiger partial charge in [0.25, 0.3) is 0 Å². The topological polar surface area (TPSA) is 71.9 Å². The van der Waals surface area contributed by atoms with E-state index in [4.69, 9.17) is 16.3 Å². The van der Waals surface area contributed by atoms with Crippen LogP contribution < -0.4 is 4.74 Å². The second-order valence-corrected chi connectivity index (χ2v) is 9.71. The maximum Gasteiger partial charge on any atom is 0.250 e. The number of methoxy groups -OCH3 is 1. The predicted octanol–water partition coefficient (Wildman–Crippen LogP) is 4.71. The Morgan fingerprint density at radius 2 is 1.90 bits per heavy atom. The van der Waals surface area contributed by atoms with Crippen molar-refractivity contribution < 1.29 is 13.2 Å². The normalized spacial score (nSPS) is 16.7. The Hall–Kier alpha value is -2.64. The van der Waals surface area contributed by atoms with Crippen LogP contribution >= 0.6 is 11.6 Å². The summed E-state index contributed by atoms with van der Waals surface area (Å²) in [5.41, 5.74) is 4.06. The highest BCUT2D eigenvalue weighted by atomic mass is 35.5. The minimum atomic E-state index is -3.59. The van der Waals surface area contributed by atoms with Gasteiger partial charge >= 0.3 is 0 Å². The van der Waals surface area contributed by atoms with Crippen molar-refractivity contribution in [3.8, 4) is 5.75 Å². The van der Waals surface area contributed by atoms with Crippen molar-refractivity contribution in [2.24, 2.45) is 5.10 Å². The highest BCUT2D eigenvalue weighted by Gasteiger charge is 2.37. The standard InChI is InChI=1S/C22H22ClN3O3S/c1-4-30(27,28)26-21(13-20(25-26)15-7-5-14(2)6-8-15)18-11-16-9-10-17(29-3)12-19(16)24-22(18)23/h5-12,21H,4,13H2,1-3H3/t21-/m0/s1. The number of aromatic nitrogens is 1. The average molecular weight is 444 g/mol. The molecule has 0 saturated carbocycles. The Balaban J connectivity index is 1.80. The van der Waals surface area contributed by atoms with Crippen molar-refractivity contribution in [3.05, 3.63) is 70.4 Å². The van der Waals surface area contributed by atoms with E-state index in [0.717, 1.165) is 16.5 Å². The lowest BCUT2D eigenvalue weighted by molar-refractivity contribution is 0.372. The summed E-state index contributed by atoms with van der Waals surface area (Å²) >= 11 is 6.53. The van der Waals surface area contributed by atoms with E-state index in [1.807, 2.05) is 49.4 Å². The van der Waals surface area contributed by atoms with Crippen LogP contribution in [-0.4, -0.2) is 36.4 Å². The second kappa shape index (κ2) is 7.89. The molecule has 0 saturated heterocycles. The number of fused-ring (bicyclic) bond motifs is 1. The zero-order valence-corrected chi connectivity index (χ0v) is 18.5. The summed E-state index contributed by atoms with van der Waals surface area (Å²) in [6.07, 6.45) is 0.422. The largest absolute Gasteiger partial charge is 0.497 e. The summed E-state index contributed by atoms with van der Waals surface area (Å²) < 4.78 is 32.1. The van der Waals surface area contributed by atoms with Gasteiger partial charge in [0.2, 0.25) is 10.0 Å². The van der Waals surface area contributed by atoms with Gasteiger partial charge in [0, 0.05) is 23.4 Å². The molecular weight excluding hydrogens is 422 g/mol. The van der Waals surface area contributed by atoms with Gasteiger partial charge in [-0.3, -0.25) is 0 Å². The van der Waals surface area contributed by atoms with Crippen molar-refractivity contribution in [2.45, 2.75) is 26.3 Å². The van der Waals surface area contributed by atoms with Crippen molar-refractivity contribution >= 4 is 38.2 Å². The van der Waals surface area contributed by atoms with Crippen LogP contribution in [0.3, 0.4) is 0 Å². The van der Waals surface area contributed by atoms with Gasteiger partial charge in [-0.05, 0) is 37.6 Å². The summed E-state index contributed by atoms with van der Waals surface area (Å²) in [4.78, 5) is 4.49. The highest BCUT2D eigenvalue weighted by Crippen LogP contribution is 2.39. The molecule has 4 rings (SSSR count). The van der Waals surface area contributed by atoms with Gasteiger partial charge in [0.15, 0.2) is 0 Å². The summed E-state index contributed by atoms with van der Waals surface area (Å²) in [5.74, 6) is 0.629. The van der Waals surface area contributed by atoms with Crippen LogP contribution in [0.5, 0.6) is 5.75 Å². The molecule has 1 aromatic heterocycles. The number of pyridine rings is 1. The van der Waals surface area contributed by atoms with Crippen LogP contribution in [0.1, 0.15) is 36.1 Å². The zero-order valence-electron chi connectivity index (χ0n) is 17.0. The van der Waals surface area contributed by atoms with Gasteiger partial charge in [-0.1, -0.05) is 41.4 Å². The van der Waals surface area contributed by atoms with Gasteiger partial charge in [-0.15, -0.1) is 0 Å². The summed E-state index contributed by atoms with van der Waals surface area (Å²) in [7, 11) is -2.00. The third-order valence-corrected chi connectivity index (χ3v) is 7.21. The molecule has 30 heavy (non-hydrogen) atoms. The molecule has 0 aliphatic carbocycles. The fourth-order valence-electron chi connectivity index (χ4n) is 3.53. The molecule has 156 valence electrons. The van der Waals surface area contributed by atoms with Crippen LogP contribution in [0.25, 0.3) is 10.9 Å².